The lowest BCUT2D eigenvalue weighted by molar-refractivity contribution is -0.0372. The van der Waals surface area contributed by atoms with E-state index in [9.17, 15) is 0 Å². The van der Waals surface area contributed by atoms with Crippen LogP contribution in [0.25, 0.3) is 0 Å². The number of pyridine rings is 1. The third-order valence-electron chi connectivity index (χ3n) is 6.49. The van der Waals surface area contributed by atoms with Crippen LogP contribution in [0.4, 0.5) is 0 Å². The van der Waals surface area contributed by atoms with Crippen molar-refractivity contribution >= 4 is 0 Å². The zero-order chi connectivity index (χ0) is 13.2. The average molecular weight is 268 g/mol. The van der Waals surface area contributed by atoms with Gasteiger partial charge in [0.1, 0.15) is 0 Å². The lowest BCUT2D eigenvalue weighted by Gasteiger charge is -2.60. The highest BCUT2D eigenvalue weighted by molar-refractivity contribution is 5.24. The molecule has 2 heteroatoms. The van der Waals surface area contributed by atoms with Crippen molar-refractivity contribution in [3.63, 3.8) is 0 Å². The molecule has 0 aromatic carbocycles. The molecule has 20 heavy (non-hydrogen) atoms. The van der Waals surface area contributed by atoms with Crippen molar-refractivity contribution in [1.29, 1.82) is 0 Å². The highest BCUT2D eigenvalue weighted by atomic mass is 15.0. The number of aromatic nitrogens is 1. The first kappa shape index (κ1) is 11.7. The number of nitrogens with one attached hydrogen (secondary N) is 1. The Morgan fingerprint density at radius 2 is 1.85 bits per heavy atom. The van der Waals surface area contributed by atoms with E-state index < -0.39 is 0 Å². The van der Waals surface area contributed by atoms with E-state index in [2.05, 4.69) is 23.5 Å². The molecule has 0 saturated heterocycles. The first-order valence-electron chi connectivity index (χ1n) is 8.50. The van der Waals surface area contributed by atoms with E-state index in [1.165, 1.54) is 50.6 Å². The van der Waals surface area contributed by atoms with Gasteiger partial charge in [0.05, 0.1) is 0 Å². The minimum atomic E-state index is 0.430. The normalized spacial score (nSPS) is 45.8. The Morgan fingerprint density at radius 3 is 2.50 bits per heavy atom. The smallest absolute Gasteiger partial charge is 0.0465 e. The second kappa shape index (κ2) is 4.07. The molecule has 4 bridgehead atoms. The second-order valence-electron chi connectivity index (χ2n) is 7.93. The number of hydrogen-bond donors (Lipinski definition) is 1. The highest BCUT2D eigenvalue weighted by Gasteiger charge is 2.56. The van der Waals surface area contributed by atoms with E-state index in [0.717, 1.165) is 29.8 Å². The topological polar surface area (TPSA) is 24.9 Å². The largest absolute Gasteiger partial charge is 0.311 e. The van der Waals surface area contributed by atoms with E-state index >= 15 is 0 Å². The van der Waals surface area contributed by atoms with E-state index in [-0.39, 0.29) is 0 Å². The van der Waals surface area contributed by atoms with Crippen LogP contribution in [0.15, 0.2) is 24.4 Å². The van der Waals surface area contributed by atoms with Crippen molar-refractivity contribution in [3.8, 4) is 0 Å². The fraction of sp³-hybridized carbons (Fsp3) is 0.722. The summed E-state index contributed by atoms with van der Waals surface area (Å²) < 4.78 is 0. The minimum Gasteiger partial charge on any atom is -0.311 e. The Bertz CT molecular complexity index is 491. The van der Waals surface area contributed by atoms with Crippen LogP contribution < -0.4 is 5.32 Å². The fourth-order valence-electron chi connectivity index (χ4n) is 5.81. The molecule has 0 radical (unpaired) electrons. The summed E-state index contributed by atoms with van der Waals surface area (Å²) in [5.41, 5.74) is 1.82. The van der Waals surface area contributed by atoms with E-state index in [1.807, 2.05) is 6.20 Å². The van der Waals surface area contributed by atoms with Gasteiger partial charge in [0.2, 0.25) is 0 Å². The van der Waals surface area contributed by atoms with Gasteiger partial charge in [0.25, 0.3) is 0 Å². The molecular formula is C18H24N2. The van der Waals surface area contributed by atoms with Crippen molar-refractivity contribution in [3.05, 3.63) is 30.1 Å². The van der Waals surface area contributed by atoms with Crippen molar-refractivity contribution in [2.24, 2.45) is 17.8 Å². The van der Waals surface area contributed by atoms with Gasteiger partial charge < -0.3 is 5.32 Å². The molecule has 0 aliphatic heterocycles. The van der Waals surface area contributed by atoms with Crippen LogP contribution in [0.5, 0.6) is 0 Å². The summed E-state index contributed by atoms with van der Waals surface area (Å²) >= 11 is 0. The third kappa shape index (κ3) is 1.70. The number of nitrogens with zero attached hydrogens (tertiary/aromatic N) is 1. The van der Waals surface area contributed by atoms with Crippen LogP contribution in [-0.4, -0.2) is 17.1 Å². The third-order valence-corrected chi connectivity index (χ3v) is 6.49. The van der Waals surface area contributed by atoms with Gasteiger partial charge in [-0.3, -0.25) is 4.98 Å². The molecule has 0 amide bonds. The molecule has 2 nitrogen and oxygen atoms in total. The molecule has 5 aliphatic carbocycles. The molecule has 0 spiro atoms. The molecule has 5 fully saturated rings. The molecule has 1 heterocycles. The summed E-state index contributed by atoms with van der Waals surface area (Å²) in [5.74, 6) is 2.82. The summed E-state index contributed by atoms with van der Waals surface area (Å²) in [6.45, 7) is 0. The Kier molecular flexibility index (Phi) is 2.39. The maximum atomic E-state index is 4.75. The van der Waals surface area contributed by atoms with Crippen LogP contribution in [0.1, 0.15) is 50.6 Å². The predicted molar refractivity (Wildman–Crippen MR) is 79.4 cm³/mol. The van der Waals surface area contributed by atoms with Crippen LogP contribution in [0.2, 0.25) is 0 Å². The zero-order valence-electron chi connectivity index (χ0n) is 12.1. The van der Waals surface area contributed by atoms with Gasteiger partial charge >= 0.3 is 0 Å². The maximum Gasteiger partial charge on any atom is 0.0465 e. The lowest BCUT2D eigenvalue weighted by atomic mass is 9.47. The van der Waals surface area contributed by atoms with Gasteiger partial charge in [0.15, 0.2) is 0 Å². The average Bonchev–Trinajstić information content (AvgIpc) is 3.27. The summed E-state index contributed by atoms with van der Waals surface area (Å²) in [6, 6.07) is 8.22. The van der Waals surface area contributed by atoms with Gasteiger partial charge in [0, 0.05) is 29.4 Å². The Hall–Kier alpha value is -0.890. The monoisotopic (exact) mass is 268 g/mol. The van der Waals surface area contributed by atoms with Crippen molar-refractivity contribution in [2.75, 3.05) is 0 Å². The standard InChI is InChI=1S/C18H24N2/c1-2-6-19-16(3-1)18-9-12-7-13(10-18)17(14(8-12)11-18)20-15-4-5-15/h1-3,6,12-15,17,20H,4-5,7-11H2. The molecule has 6 rings (SSSR count). The molecule has 2 unspecified atom stereocenters. The molecule has 1 N–H and O–H groups in total. The lowest BCUT2D eigenvalue weighted by Crippen LogP contribution is -2.60. The quantitative estimate of drug-likeness (QED) is 0.910. The van der Waals surface area contributed by atoms with Crippen LogP contribution in [-0.2, 0) is 5.41 Å². The van der Waals surface area contributed by atoms with Crippen LogP contribution in [0.3, 0.4) is 0 Å². The van der Waals surface area contributed by atoms with E-state index in [1.54, 1.807) is 0 Å². The number of rotatable bonds is 3. The van der Waals surface area contributed by atoms with Gasteiger partial charge in [-0.1, -0.05) is 6.07 Å². The summed E-state index contributed by atoms with van der Waals surface area (Å²) in [7, 11) is 0. The zero-order valence-corrected chi connectivity index (χ0v) is 12.1. The number of hydrogen-bond acceptors (Lipinski definition) is 2. The van der Waals surface area contributed by atoms with E-state index in [4.69, 9.17) is 4.98 Å². The Morgan fingerprint density at radius 1 is 1.05 bits per heavy atom. The van der Waals surface area contributed by atoms with Crippen LogP contribution >= 0.6 is 0 Å². The first-order chi connectivity index (χ1) is 9.82. The molecular weight excluding hydrogens is 244 g/mol. The van der Waals surface area contributed by atoms with Crippen molar-refractivity contribution < 1.29 is 0 Å². The molecule has 1 aromatic heterocycles. The molecule has 2 atom stereocenters. The van der Waals surface area contributed by atoms with E-state index in [0.29, 0.717) is 5.41 Å². The van der Waals surface area contributed by atoms with Gasteiger partial charge in [-0.2, -0.15) is 0 Å². The Labute approximate surface area is 121 Å². The summed E-state index contributed by atoms with van der Waals surface area (Å²) in [5, 5.41) is 3.98. The van der Waals surface area contributed by atoms with Crippen molar-refractivity contribution in [2.45, 2.75) is 62.4 Å². The Balaban J connectivity index is 1.47. The summed E-state index contributed by atoms with van der Waals surface area (Å²) in [4.78, 5) is 4.75. The molecule has 5 saturated carbocycles. The molecule has 1 aromatic rings. The molecule has 106 valence electrons. The van der Waals surface area contributed by atoms with Gasteiger partial charge in [-0.15, -0.1) is 0 Å². The van der Waals surface area contributed by atoms with Gasteiger partial charge in [-0.05, 0) is 74.8 Å². The van der Waals surface area contributed by atoms with Crippen LogP contribution in [0, 0.1) is 17.8 Å². The highest BCUT2D eigenvalue weighted by Crippen LogP contribution is 2.60. The summed E-state index contributed by atoms with van der Waals surface area (Å²) in [6.07, 6.45) is 12.0. The van der Waals surface area contributed by atoms with Gasteiger partial charge in [-0.25, -0.2) is 0 Å². The fourth-order valence-corrected chi connectivity index (χ4v) is 5.81. The van der Waals surface area contributed by atoms with Crippen molar-refractivity contribution in [1.82, 2.24) is 10.3 Å². The maximum absolute atomic E-state index is 4.75. The first-order valence-corrected chi connectivity index (χ1v) is 8.50. The minimum absolute atomic E-state index is 0.430. The predicted octanol–water partition coefficient (Wildman–Crippen LogP) is 3.28. The second-order valence-corrected chi connectivity index (χ2v) is 7.93. The molecule has 5 aliphatic rings. The SMILES string of the molecule is c1ccc(C23CC4CC(C2)C(NC2CC2)C(C4)C3)nc1.